The highest BCUT2D eigenvalue weighted by molar-refractivity contribution is 5.63. The van der Waals surface area contributed by atoms with Crippen molar-refractivity contribution in [2.45, 2.75) is 20.0 Å². The van der Waals surface area contributed by atoms with Crippen LogP contribution in [0.1, 0.15) is 13.8 Å². The monoisotopic (exact) mass is 216 g/mol. The van der Waals surface area contributed by atoms with Crippen molar-refractivity contribution in [2.75, 3.05) is 0 Å². The van der Waals surface area contributed by atoms with Crippen molar-refractivity contribution in [2.24, 2.45) is 0 Å². The summed E-state index contributed by atoms with van der Waals surface area (Å²) in [5.41, 5.74) is 0. The van der Waals surface area contributed by atoms with Gasteiger partial charge in [-0.05, 0) is 13.8 Å². The zero-order chi connectivity index (χ0) is 11.4. The fourth-order valence-electron chi connectivity index (χ4n) is 0.900. The van der Waals surface area contributed by atoms with E-state index in [4.69, 9.17) is 0 Å². The lowest BCUT2D eigenvalue weighted by Gasteiger charge is -2.08. The van der Waals surface area contributed by atoms with Gasteiger partial charge in [0.2, 0.25) is 0 Å². The van der Waals surface area contributed by atoms with E-state index in [1.54, 1.807) is 13.8 Å². The zero-order valence-electron chi connectivity index (χ0n) is 8.29. The molecular weight excluding hydrogens is 206 g/mol. The molecule has 0 saturated carbocycles. The molecule has 5 heteroatoms. The van der Waals surface area contributed by atoms with Crippen LogP contribution in [0.25, 0.3) is 0 Å². The van der Waals surface area contributed by atoms with E-state index in [-0.39, 0.29) is 11.9 Å². The second kappa shape index (κ2) is 4.72. The molecule has 0 spiro atoms. The smallest absolute Gasteiger partial charge is 0.431 e. The van der Waals surface area contributed by atoms with Crippen LogP contribution >= 0.6 is 0 Å². The zero-order valence-corrected chi connectivity index (χ0v) is 8.29. The molecule has 0 aliphatic carbocycles. The molecule has 0 N–H and O–H groups in total. The summed E-state index contributed by atoms with van der Waals surface area (Å²) in [6, 6.07) is 2.47. The third kappa shape index (κ3) is 3.93. The Kier molecular flexibility index (Phi) is 3.60. The largest absolute Gasteiger partial charge is 0.514 e. The third-order valence-electron chi connectivity index (χ3n) is 1.37. The minimum Gasteiger partial charge on any atom is -0.431 e. The Morgan fingerprint density at radius 1 is 1.20 bits per heavy atom. The van der Waals surface area contributed by atoms with Crippen molar-refractivity contribution in [1.29, 1.82) is 0 Å². The van der Waals surface area contributed by atoms with Crippen LogP contribution in [-0.4, -0.2) is 12.3 Å². The Balaban J connectivity index is 2.68. The number of ether oxygens (including phenoxy) is 2. The summed E-state index contributed by atoms with van der Waals surface area (Å²) in [4.78, 5) is 11.0. The maximum Gasteiger partial charge on any atom is 0.514 e. The summed E-state index contributed by atoms with van der Waals surface area (Å²) in [5.74, 6) is -1.86. The van der Waals surface area contributed by atoms with E-state index in [2.05, 4.69) is 9.47 Å². The van der Waals surface area contributed by atoms with Crippen LogP contribution in [0.2, 0.25) is 0 Å². The third-order valence-corrected chi connectivity index (χ3v) is 1.37. The second-order valence-electron chi connectivity index (χ2n) is 3.12. The van der Waals surface area contributed by atoms with Crippen LogP contribution in [-0.2, 0) is 4.74 Å². The predicted octanol–water partition coefficient (Wildman–Crippen LogP) is 2.89. The van der Waals surface area contributed by atoms with Crippen molar-refractivity contribution in [1.82, 2.24) is 0 Å². The molecule has 0 saturated heterocycles. The quantitative estimate of drug-likeness (QED) is 0.563. The number of halogens is 2. The van der Waals surface area contributed by atoms with E-state index in [0.717, 1.165) is 12.1 Å². The van der Waals surface area contributed by atoms with Gasteiger partial charge in [-0.15, -0.1) is 0 Å². The Labute approximate surface area is 85.6 Å². The first-order valence-corrected chi connectivity index (χ1v) is 4.32. The second-order valence-corrected chi connectivity index (χ2v) is 3.12. The average Bonchev–Trinajstić information content (AvgIpc) is 1.98. The Bertz CT molecular complexity index is 343. The molecule has 3 nitrogen and oxygen atoms in total. The van der Waals surface area contributed by atoms with Gasteiger partial charge in [-0.1, -0.05) is 0 Å². The molecule has 0 atom stereocenters. The van der Waals surface area contributed by atoms with Crippen LogP contribution in [0.3, 0.4) is 0 Å². The van der Waals surface area contributed by atoms with Gasteiger partial charge < -0.3 is 9.47 Å². The van der Waals surface area contributed by atoms with Crippen LogP contribution in [0.15, 0.2) is 18.2 Å². The van der Waals surface area contributed by atoms with E-state index in [9.17, 15) is 13.6 Å². The molecule has 82 valence electrons. The van der Waals surface area contributed by atoms with Crippen molar-refractivity contribution in [3.05, 3.63) is 29.8 Å². The van der Waals surface area contributed by atoms with E-state index in [1.165, 1.54) is 0 Å². The molecule has 0 radical (unpaired) electrons. The molecule has 1 rings (SSSR count). The van der Waals surface area contributed by atoms with Crippen molar-refractivity contribution >= 4 is 6.16 Å². The van der Waals surface area contributed by atoms with Gasteiger partial charge in [0.15, 0.2) is 0 Å². The molecule has 1 aromatic carbocycles. The number of hydrogen-bond donors (Lipinski definition) is 0. The fourth-order valence-corrected chi connectivity index (χ4v) is 0.900. The summed E-state index contributed by atoms with van der Waals surface area (Å²) in [7, 11) is 0. The lowest BCUT2D eigenvalue weighted by molar-refractivity contribution is 0.0727. The normalized spacial score (nSPS) is 10.2. The fraction of sp³-hybridized carbons (Fsp3) is 0.300. The van der Waals surface area contributed by atoms with Crippen LogP contribution in [0.4, 0.5) is 13.6 Å². The topological polar surface area (TPSA) is 35.5 Å². The number of carbonyl (C=O) groups is 1. The standard InChI is InChI=1S/C10H10F2O3/c1-6(2)14-10(13)15-9-4-7(11)3-8(12)5-9/h3-6H,1-2H3. The van der Waals surface area contributed by atoms with Gasteiger partial charge in [0, 0.05) is 18.2 Å². The summed E-state index contributed by atoms with van der Waals surface area (Å²) < 4.78 is 34.5. The van der Waals surface area contributed by atoms with Gasteiger partial charge in [-0.2, -0.15) is 0 Å². The van der Waals surface area contributed by atoms with Gasteiger partial charge in [-0.25, -0.2) is 13.6 Å². The first-order chi connectivity index (χ1) is 6.97. The first-order valence-electron chi connectivity index (χ1n) is 4.32. The molecule has 0 aliphatic rings. The summed E-state index contributed by atoms with van der Waals surface area (Å²) in [6.45, 7) is 3.26. The van der Waals surface area contributed by atoms with Gasteiger partial charge in [-0.3, -0.25) is 0 Å². The lowest BCUT2D eigenvalue weighted by atomic mass is 10.3. The Morgan fingerprint density at radius 3 is 2.20 bits per heavy atom. The number of benzene rings is 1. The summed E-state index contributed by atoms with van der Waals surface area (Å²) in [5, 5.41) is 0. The van der Waals surface area contributed by atoms with Crippen molar-refractivity contribution in [3.63, 3.8) is 0 Å². The summed E-state index contributed by atoms with van der Waals surface area (Å²) in [6.07, 6.45) is -1.34. The predicted molar refractivity (Wildman–Crippen MR) is 48.6 cm³/mol. The SMILES string of the molecule is CC(C)OC(=O)Oc1cc(F)cc(F)c1. The molecule has 0 heterocycles. The van der Waals surface area contributed by atoms with Crippen LogP contribution in [0, 0.1) is 11.6 Å². The van der Waals surface area contributed by atoms with E-state index in [0.29, 0.717) is 6.07 Å². The van der Waals surface area contributed by atoms with Gasteiger partial charge in [0.25, 0.3) is 0 Å². The molecule has 0 aliphatic heterocycles. The molecule has 1 aromatic rings. The van der Waals surface area contributed by atoms with E-state index < -0.39 is 17.8 Å². The lowest BCUT2D eigenvalue weighted by Crippen LogP contribution is -2.15. The molecule has 0 bridgehead atoms. The van der Waals surface area contributed by atoms with Crippen molar-refractivity contribution in [3.8, 4) is 5.75 Å². The molecule has 0 aromatic heterocycles. The minimum atomic E-state index is -0.991. The molecule has 0 amide bonds. The first kappa shape index (κ1) is 11.4. The molecule has 15 heavy (non-hydrogen) atoms. The van der Waals surface area contributed by atoms with Crippen LogP contribution in [0.5, 0.6) is 5.75 Å². The van der Waals surface area contributed by atoms with Crippen molar-refractivity contribution < 1.29 is 23.0 Å². The minimum absolute atomic E-state index is 0.224. The van der Waals surface area contributed by atoms with Gasteiger partial charge in [0.05, 0.1) is 6.10 Å². The highest BCUT2D eigenvalue weighted by atomic mass is 19.1. The van der Waals surface area contributed by atoms with E-state index in [1.807, 2.05) is 0 Å². The summed E-state index contributed by atoms with van der Waals surface area (Å²) >= 11 is 0. The highest BCUT2D eigenvalue weighted by Crippen LogP contribution is 2.16. The van der Waals surface area contributed by atoms with E-state index >= 15 is 0 Å². The number of rotatable bonds is 2. The highest BCUT2D eigenvalue weighted by Gasteiger charge is 2.10. The molecular formula is C10H10F2O3. The Morgan fingerprint density at radius 2 is 1.73 bits per heavy atom. The van der Waals surface area contributed by atoms with Gasteiger partial charge >= 0.3 is 6.16 Å². The molecule has 0 unspecified atom stereocenters. The van der Waals surface area contributed by atoms with Crippen LogP contribution < -0.4 is 4.74 Å². The van der Waals surface area contributed by atoms with Gasteiger partial charge in [0.1, 0.15) is 17.4 Å². The number of hydrogen-bond acceptors (Lipinski definition) is 3. The maximum absolute atomic E-state index is 12.7. The maximum atomic E-state index is 12.7. The Hall–Kier alpha value is -1.65. The number of carbonyl (C=O) groups excluding carboxylic acids is 1. The average molecular weight is 216 g/mol. The molecule has 0 fully saturated rings.